The van der Waals surface area contributed by atoms with Crippen molar-refractivity contribution in [2.45, 2.75) is 53.5 Å². The number of aryl methyl sites for hydroxylation is 5. The molecule has 34 heavy (non-hydrogen) atoms. The second-order valence-electron chi connectivity index (χ2n) is 8.57. The predicted molar refractivity (Wildman–Crippen MR) is 139 cm³/mol. The highest BCUT2D eigenvalue weighted by atomic mass is 35.5. The summed E-state index contributed by atoms with van der Waals surface area (Å²) in [6.07, 6.45) is 5.65. The first-order chi connectivity index (χ1) is 16.3. The summed E-state index contributed by atoms with van der Waals surface area (Å²) >= 11 is 6.22. The van der Waals surface area contributed by atoms with Gasteiger partial charge in [0, 0.05) is 12.1 Å². The maximum absolute atomic E-state index is 6.22. The van der Waals surface area contributed by atoms with Gasteiger partial charge >= 0.3 is 0 Å². The Morgan fingerprint density at radius 2 is 1.79 bits per heavy atom. The lowest BCUT2D eigenvalue weighted by molar-refractivity contribution is 0.751. The first-order valence-electron chi connectivity index (χ1n) is 11.5. The van der Waals surface area contributed by atoms with Crippen LogP contribution in [0.5, 0.6) is 0 Å². The Morgan fingerprint density at radius 1 is 1.03 bits per heavy atom. The second-order valence-corrected chi connectivity index (χ2v) is 9.00. The van der Waals surface area contributed by atoms with E-state index in [9.17, 15) is 0 Å². The lowest BCUT2D eigenvalue weighted by Crippen LogP contribution is -2.10. The Morgan fingerprint density at radius 3 is 2.53 bits per heavy atom. The highest BCUT2D eigenvalue weighted by Crippen LogP contribution is 2.28. The van der Waals surface area contributed by atoms with Crippen molar-refractivity contribution in [2.24, 2.45) is 7.05 Å². The van der Waals surface area contributed by atoms with Gasteiger partial charge < -0.3 is 5.32 Å². The quantitative estimate of drug-likeness (QED) is 0.351. The van der Waals surface area contributed by atoms with Crippen LogP contribution in [-0.2, 0) is 13.5 Å². The van der Waals surface area contributed by atoms with Crippen molar-refractivity contribution in [3.63, 3.8) is 0 Å². The largest absolute Gasteiger partial charge is 0.362 e. The van der Waals surface area contributed by atoms with Crippen LogP contribution in [0.25, 0.3) is 23.2 Å². The van der Waals surface area contributed by atoms with Crippen molar-refractivity contribution in [1.82, 2.24) is 29.7 Å². The third kappa shape index (κ3) is 4.94. The predicted octanol–water partition coefficient (Wildman–Crippen LogP) is 6.03. The third-order valence-corrected chi connectivity index (χ3v) is 6.10. The molecule has 0 aliphatic heterocycles. The van der Waals surface area contributed by atoms with Crippen LogP contribution in [0.4, 0.5) is 5.82 Å². The number of aromatic nitrogens is 6. The molecule has 0 aliphatic carbocycles. The zero-order valence-corrected chi connectivity index (χ0v) is 21.3. The molecule has 0 radical (unpaired) electrons. The molecule has 3 aromatic heterocycles. The van der Waals surface area contributed by atoms with Crippen LogP contribution in [-0.4, -0.2) is 29.7 Å². The van der Waals surface area contributed by atoms with E-state index in [2.05, 4.69) is 35.2 Å². The first-order valence-corrected chi connectivity index (χ1v) is 11.9. The molecule has 0 saturated carbocycles. The molecule has 8 heteroatoms. The molecule has 0 aliphatic rings. The Hall–Kier alpha value is -3.32. The summed E-state index contributed by atoms with van der Waals surface area (Å²) in [7, 11) is 1.93. The summed E-state index contributed by atoms with van der Waals surface area (Å²) in [6.45, 7) is 10.1. The lowest BCUT2D eigenvalue weighted by Gasteiger charge is -2.16. The summed E-state index contributed by atoms with van der Waals surface area (Å²) in [5.41, 5.74) is 7.34. The van der Waals surface area contributed by atoms with Gasteiger partial charge in [-0.1, -0.05) is 37.1 Å². The van der Waals surface area contributed by atoms with Crippen molar-refractivity contribution in [3.05, 3.63) is 69.1 Å². The van der Waals surface area contributed by atoms with E-state index in [-0.39, 0.29) is 6.04 Å². The van der Waals surface area contributed by atoms with Crippen molar-refractivity contribution in [3.8, 4) is 0 Å². The van der Waals surface area contributed by atoms with E-state index in [1.54, 1.807) is 0 Å². The van der Waals surface area contributed by atoms with Crippen LogP contribution < -0.4 is 5.32 Å². The SMILES string of the molecule is CCCc1nn(C)c2c(NC(C)c3cccc(Cl)c3)nc(C=Cc3nc(C)c(C)nc3C)nc12. The average Bonchev–Trinajstić information content (AvgIpc) is 3.11. The van der Waals surface area contributed by atoms with E-state index in [0.717, 1.165) is 63.7 Å². The van der Waals surface area contributed by atoms with Crippen molar-refractivity contribution in [1.29, 1.82) is 0 Å². The van der Waals surface area contributed by atoms with Gasteiger partial charge in [0.05, 0.1) is 34.5 Å². The summed E-state index contributed by atoms with van der Waals surface area (Å²) in [6, 6.07) is 7.84. The molecule has 0 spiro atoms. The van der Waals surface area contributed by atoms with E-state index in [4.69, 9.17) is 26.7 Å². The molecule has 1 atom stereocenters. The highest BCUT2D eigenvalue weighted by molar-refractivity contribution is 6.30. The fraction of sp³-hybridized carbons (Fsp3) is 0.346. The molecule has 0 fully saturated rings. The Labute approximate surface area is 205 Å². The Balaban J connectivity index is 1.78. The topological polar surface area (TPSA) is 81.4 Å². The zero-order chi connectivity index (χ0) is 24.4. The van der Waals surface area contributed by atoms with Crippen molar-refractivity contribution < 1.29 is 0 Å². The van der Waals surface area contributed by atoms with Crippen molar-refractivity contribution in [2.75, 3.05) is 5.32 Å². The zero-order valence-electron chi connectivity index (χ0n) is 20.5. The smallest absolute Gasteiger partial charge is 0.156 e. The summed E-state index contributed by atoms with van der Waals surface area (Å²) in [5.74, 6) is 1.33. The maximum atomic E-state index is 6.22. The molecule has 0 bridgehead atoms. The third-order valence-electron chi connectivity index (χ3n) is 5.87. The molecular weight excluding hydrogens is 446 g/mol. The van der Waals surface area contributed by atoms with Gasteiger partial charge in [0.1, 0.15) is 11.0 Å². The number of nitrogens with one attached hydrogen (secondary N) is 1. The molecule has 4 aromatic rings. The normalized spacial score (nSPS) is 12.6. The number of hydrogen-bond donors (Lipinski definition) is 1. The first kappa shape index (κ1) is 23.8. The van der Waals surface area contributed by atoms with Crippen LogP contribution in [0.1, 0.15) is 66.2 Å². The monoisotopic (exact) mass is 475 g/mol. The van der Waals surface area contributed by atoms with Gasteiger partial charge in [0.15, 0.2) is 11.6 Å². The molecule has 1 unspecified atom stereocenters. The van der Waals surface area contributed by atoms with Crippen molar-refractivity contribution >= 4 is 40.6 Å². The van der Waals surface area contributed by atoms with Crippen LogP contribution in [0.3, 0.4) is 0 Å². The van der Waals surface area contributed by atoms with E-state index in [1.807, 2.05) is 62.9 Å². The Kier molecular flexibility index (Phi) is 6.93. The fourth-order valence-corrected chi connectivity index (χ4v) is 4.15. The lowest BCUT2D eigenvalue weighted by atomic mass is 10.1. The molecule has 0 saturated heterocycles. The van der Waals surface area contributed by atoms with Gasteiger partial charge in [-0.15, -0.1) is 0 Å². The van der Waals surface area contributed by atoms with Gasteiger partial charge in [-0.25, -0.2) is 15.0 Å². The number of fused-ring (bicyclic) bond motifs is 1. The number of nitrogens with zero attached hydrogens (tertiary/aromatic N) is 6. The van der Waals surface area contributed by atoms with Gasteiger partial charge in [-0.3, -0.25) is 9.67 Å². The summed E-state index contributed by atoms with van der Waals surface area (Å²) in [4.78, 5) is 19.0. The molecule has 1 N–H and O–H groups in total. The minimum absolute atomic E-state index is 0.00832. The summed E-state index contributed by atoms with van der Waals surface area (Å²) in [5, 5.41) is 9.00. The number of halogens is 1. The molecule has 0 amide bonds. The van der Waals surface area contributed by atoms with Crippen LogP contribution in [0.2, 0.25) is 5.02 Å². The maximum Gasteiger partial charge on any atom is 0.156 e. The molecule has 4 rings (SSSR count). The van der Waals surface area contributed by atoms with E-state index >= 15 is 0 Å². The molecule has 176 valence electrons. The molecule has 7 nitrogen and oxygen atoms in total. The number of hydrogen-bond acceptors (Lipinski definition) is 6. The second kappa shape index (κ2) is 9.89. The van der Waals surface area contributed by atoms with Gasteiger partial charge in [0.25, 0.3) is 0 Å². The van der Waals surface area contributed by atoms with Gasteiger partial charge in [-0.05, 0) is 64.0 Å². The summed E-state index contributed by atoms with van der Waals surface area (Å²) < 4.78 is 1.86. The number of benzene rings is 1. The average molecular weight is 476 g/mol. The van der Waals surface area contributed by atoms with Gasteiger partial charge in [-0.2, -0.15) is 5.10 Å². The van der Waals surface area contributed by atoms with E-state index in [0.29, 0.717) is 10.8 Å². The van der Waals surface area contributed by atoms with E-state index in [1.165, 1.54) is 0 Å². The minimum Gasteiger partial charge on any atom is -0.362 e. The molecule has 1 aromatic carbocycles. The van der Waals surface area contributed by atoms with Gasteiger partial charge in [0.2, 0.25) is 0 Å². The van der Waals surface area contributed by atoms with Crippen LogP contribution in [0, 0.1) is 20.8 Å². The standard InChI is InChI=1S/C26H30ClN7/c1-7-9-22-24-25(34(6)33-22)26(30-17(4)19-10-8-11-20(27)14-19)32-23(31-24)13-12-21-18(5)28-15(2)16(3)29-21/h8,10-14,17H,7,9H2,1-6H3,(H,30,31,32). The van der Waals surface area contributed by atoms with Crippen LogP contribution in [0.15, 0.2) is 24.3 Å². The minimum atomic E-state index is -0.00832. The number of anilines is 1. The molecular formula is C26H30ClN7. The highest BCUT2D eigenvalue weighted by Gasteiger charge is 2.18. The molecule has 3 heterocycles. The van der Waals surface area contributed by atoms with E-state index < -0.39 is 0 Å². The number of rotatable bonds is 7. The van der Waals surface area contributed by atoms with Crippen LogP contribution >= 0.6 is 11.6 Å². The Bertz CT molecular complexity index is 1370. The fourth-order valence-electron chi connectivity index (χ4n) is 3.95.